The van der Waals surface area contributed by atoms with E-state index in [0.29, 0.717) is 17.0 Å². The molecule has 0 aliphatic heterocycles. The van der Waals surface area contributed by atoms with Gasteiger partial charge >= 0.3 is 0 Å². The van der Waals surface area contributed by atoms with E-state index in [2.05, 4.69) is 51.2 Å². The van der Waals surface area contributed by atoms with Crippen LogP contribution in [0.2, 0.25) is 0 Å². The molecule has 1 aliphatic rings. The summed E-state index contributed by atoms with van der Waals surface area (Å²) in [6.07, 6.45) is 0. The topological polar surface area (TPSA) is 152 Å². The average Bonchev–Trinajstić information content (AvgIpc) is 3.36. The largest absolute Gasteiger partial charge is 0.287 e. The molecule has 1 aromatic carbocycles. The van der Waals surface area contributed by atoms with Crippen molar-refractivity contribution >= 4 is 5.78 Å². The summed E-state index contributed by atoms with van der Waals surface area (Å²) < 4.78 is 0. The fourth-order valence-corrected chi connectivity index (χ4v) is 2.63. The van der Waals surface area contributed by atoms with E-state index in [4.69, 9.17) is 0 Å². The third-order valence-corrected chi connectivity index (χ3v) is 3.65. The van der Waals surface area contributed by atoms with Gasteiger partial charge in [-0.25, -0.2) is 9.97 Å². The molecule has 2 N–H and O–H groups in total. The van der Waals surface area contributed by atoms with Crippen LogP contribution in [-0.2, 0) is 0 Å². The Kier molecular flexibility index (Phi) is 2.40. The molecule has 3 aromatic heterocycles. The van der Waals surface area contributed by atoms with E-state index < -0.39 is 0 Å². The van der Waals surface area contributed by atoms with E-state index in [9.17, 15) is 4.79 Å². The van der Waals surface area contributed by atoms with Crippen LogP contribution in [0, 0.1) is 0 Å². The minimum absolute atomic E-state index is 0.189. The Morgan fingerprint density at radius 1 is 0.708 bits per heavy atom. The van der Waals surface area contributed by atoms with Crippen LogP contribution >= 0.6 is 0 Å². The molecule has 0 saturated heterocycles. The van der Waals surface area contributed by atoms with Gasteiger partial charge in [-0.05, 0) is 10.4 Å². The van der Waals surface area contributed by atoms with Gasteiger partial charge in [0.15, 0.2) is 0 Å². The molecule has 11 heteroatoms. The minimum atomic E-state index is -0.197. The average molecular weight is 318 g/mol. The summed E-state index contributed by atoms with van der Waals surface area (Å²) in [7, 11) is 0. The molecule has 0 atom stereocenters. The van der Waals surface area contributed by atoms with Crippen LogP contribution < -0.4 is 0 Å². The van der Waals surface area contributed by atoms with E-state index in [1.165, 1.54) is 0 Å². The second-order valence-electron chi connectivity index (χ2n) is 4.96. The molecule has 3 heterocycles. The van der Waals surface area contributed by atoms with Crippen molar-refractivity contribution in [2.75, 3.05) is 0 Å². The number of hydrogen-bond acceptors (Lipinski definition) is 9. The van der Waals surface area contributed by atoms with Crippen molar-refractivity contribution in [3.05, 3.63) is 35.5 Å². The first-order valence-corrected chi connectivity index (χ1v) is 6.86. The molecule has 5 rings (SSSR count). The highest BCUT2D eigenvalue weighted by Gasteiger charge is 2.32. The van der Waals surface area contributed by atoms with Gasteiger partial charge in [0.05, 0.1) is 0 Å². The zero-order valence-corrected chi connectivity index (χ0v) is 11.8. The summed E-state index contributed by atoms with van der Waals surface area (Å²) in [6, 6.07) is 7.19. The number of carbonyl (C=O) groups is 1. The quantitative estimate of drug-likeness (QED) is 0.459. The van der Waals surface area contributed by atoms with Gasteiger partial charge in [-0.1, -0.05) is 24.3 Å². The molecule has 0 fully saturated rings. The van der Waals surface area contributed by atoms with Gasteiger partial charge in [0.25, 0.3) is 0 Å². The zero-order chi connectivity index (χ0) is 16.1. The Morgan fingerprint density at radius 2 is 1.29 bits per heavy atom. The van der Waals surface area contributed by atoms with Crippen molar-refractivity contribution in [1.82, 2.24) is 51.2 Å². The molecular weight excluding hydrogens is 312 g/mol. The molecule has 0 spiro atoms. The number of nitrogens with one attached hydrogen (secondary N) is 2. The molecule has 24 heavy (non-hydrogen) atoms. The highest BCUT2D eigenvalue weighted by Crippen LogP contribution is 2.37. The number of fused-ring (bicyclic) bond motifs is 3. The number of H-pyrrole nitrogens is 2. The van der Waals surface area contributed by atoms with Crippen LogP contribution in [-0.4, -0.2) is 57.0 Å². The third-order valence-electron chi connectivity index (χ3n) is 3.65. The van der Waals surface area contributed by atoms with Crippen molar-refractivity contribution in [1.29, 1.82) is 0 Å². The fraction of sp³-hybridized carbons (Fsp3) is 0. The lowest BCUT2D eigenvalue weighted by molar-refractivity contribution is 0.103. The predicted molar refractivity (Wildman–Crippen MR) is 77.2 cm³/mol. The first-order chi connectivity index (χ1) is 11.8. The Bertz CT molecular complexity index is 1070. The number of nitrogens with zero attached hydrogens (tertiary/aromatic N) is 8. The first-order valence-electron chi connectivity index (χ1n) is 6.86. The molecule has 114 valence electrons. The highest BCUT2D eigenvalue weighted by molar-refractivity contribution is 6.20. The maximum absolute atomic E-state index is 12.6. The van der Waals surface area contributed by atoms with E-state index in [1.807, 2.05) is 12.1 Å². The summed E-state index contributed by atoms with van der Waals surface area (Å²) >= 11 is 0. The molecule has 0 bridgehead atoms. The molecule has 0 saturated carbocycles. The molecule has 0 radical (unpaired) electrons. The lowest BCUT2D eigenvalue weighted by Gasteiger charge is -2.04. The normalized spacial score (nSPS) is 12.2. The lowest BCUT2D eigenvalue weighted by atomic mass is 10.1. The van der Waals surface area contributed by atoms with Gasteiger partial charge in [-0.15, -0.1) is 20.4 Å². The number of aromatic amines is 2. The van der Waals surface area contributed by atoms with E-state index in [1.54, 1.807) is 12.1 Å². The first kappa shape index (κ1) is 12.6. The summed E-state index contributed by atoms with van der Waals surface area (Å²) in [6.45, 7) is 0. The third kappa shape index (κ3) is 1.63. The van der Waals surface area contributed by atoms with E-state index in [-0.39, 0.29) is 28.8 Å². The van der Waals surface area contributed by atoms with Crippen molar-refractivity contribution in [3.8, 4) is 34.3 Å². The van der Waals surface area contributed by atoms with Gasteiger partial charge in [0, 0.05) is 11.1 Å². The van der Waals surface area contributed by atoms with E-state index >= 15 is 0 Å². The molecule has 4 aromatic rings. The van der Waals surface area contributed by atoms with Crippen molar-refractivity contribution in [3.63, 3.8) is 0 Å². The number of hydrogen-bond donors (Lipinski definition) is 2. The molecule has 1 aliphatic carbocycles. The van der Waals surface area contributed by atoms with Crippen LogP contribution in [0.4, 0.5) is 0 Å². The van der Waals surface area contributed by atoms with Crippen molar-refractivity contribution in [2.45, 2.75) is 0 Å². The smallest absolute Gasteiger partial charge is 0.225 e. The molecule has 11 nitrogen and oxygen atoms in total. The second kappa shape index (κ2) is 4.55. The van der Waals surface area contributed by atoms with Gasteiger partial charge in [-0.3, -0.25) is 4.79 Å². The van der Waals surface area contributed by atoms with E-state index in [0.717, 1.165) is 5.56 Å². The van der Waals surface area contributed by atoms with Gasteiger partial charge < -0.3 is 0 Å². The monoisotopic (exact) mass is 318 g/mol. The van der Waals surface area contributed by atoms with Crippen LogP contribution in [0.3, 0.4) is 0 Å². The highest BCUT2D eigenvalue weighted by atomic mass is 16.1. The standard InChI is InChI=1S/C13H6N10O/c24-11-6-4-2-1-3-5(6)7-8(11)15-10(13-18-22-23-19-13)9(14-7)12-16-20-21-17-12/h1-4H,(H,16,17,20,21)(H,18,19,22,23). The Morgan fingerprint density at radius 3 is 1.88 bits per heavy atom. The van der Waals surface area contributed by atoms with Crippen molar-refractivity contribution in [2.24, 2.45) is 0 Å². The molecule has 0 amide bonds. The number of benzene rings is 1. The molecule has 0 unspecified atom stereocenters. The molecular formula is C13H6N10O. The Hall–Kier alpha value is -3.89. The summed E-state index contributed by atoms with van der Waals surface area (Å²) in [5.74, 6) is 0.216. The lowest BCUT2D eigenvalue weighted by Crippen LogP contribution is -2.04. The Balaban J connectivity index is 1.84. The SMILES string of the molecule is O=C1c2ccccc2-c2nc(-c3nn[nH]n3)c(-c3nn[nH]n3)nc21. The number of tetrazole rings is 2. The van der Waals surface area contributed by atoms with Crippen LogP contribution in [0.5, 0.6) is 0 Å². The Labute approximate surface area is 132 Å². The summed E-state index contributed by atoms with van der Waals surface area (Å²) in [5, 5.41) is 27.5. The van der Waals surface area contributed by atoms with Crippen LogP contribution in [0.1, 0.15) is 16.1 Å². The van der Waals surface area contributed by atoms with Crippen LogP contribution in [0.25, 0.3) is 34.3 Å². The predicted octanol–water partition coefficient (Wildman–Crippen LogP) is 0.0482. The number of aromatic nitrogens is 10. The summed E-state index contributed by atoms with van der Waals surface area (Å²) in [4.78, 5) is 21.6. The summed E-state index contributed by atoms with van der Waals surface area (Å²) in [5.41, 5.74) is 2.55. The van der Waals surface area contributed by atoms with Gasteiger partial charge in [-0.2, -0.15) is 10.4 Å². The van der Waals surface area contributed by atoms with Gasteiger partial charge in [0.2, 0.25) is 17.4 Å². The zero-order valence-electron chi connectivity index (χ0n) is 11.8. The number of carbonyl (C=O) groups excluding carboxylic acids is 1. The fourth-order valence-electron chi connectivity index (χ4n) is 2.63. The number of ketones is 1. The minimum Gasteiger partial charge on any atom is -0.287 e. The second-order valence-corrected chi connectivity index (χ2v) is 4.96. The van der Waals surface area contributed by atoms with Crippen LogP contribution in [0.15, 0.2) is 24.3 Å². The maximum Gasteiger partial charge on any atom is 0.225 e. The van der Waals surface area contributed by atoms with Crippen molar-refractivity contribution < 1.29 is 4.79 Å². The maximum atomic E-state index is 12.6. The number of rotatable bonds is 2. The van der Waals surface area contributed by atoms with Gasteiger partial charge in [0.1, 0.15) is 22.8 Å².